The Morgan fingerprint density at radius 1 is 0.400 bits per heavy atom. The molecule has 0 spiro atoms. The summed E-state index contributed by atoms with van der Waals surface area (Å²) in [7, 11) is 0. The molecule has 0 fully saturated rings. The van der Waals surface area contributed by atoms with E-state index in [4.69, 9.17) is 0 Å². The van der Waals surface area contributed by atoms with E-state index in [-0.39, 0.29) is 0 Å². The Kier molecular flexibility index (Phi) is 46.9. The van der Waals surface area contributed by atoms with E-state index in [0.29, 0.717) is 19.3 Å². The first-order chi connectivity index (χ1) is 29.5. The fourth-order valence-corrected chi connectivity index (χ4v) is 7.84. The largest absolute Gasteiger partial charge is 0.394 e. The summed E-state index contributed by atoms with van der Waals surface area (Å²) in [5, 5.41) is 43.8. The topological polar surface area (TPSA) is 110 Å². The van der Waals surface area contributed by atoms with Crippen LogP contribution in [0.15, 0.2) is 48.6 Å². The Morgan fingerprint density at radius 3 is 1.05 bits per heavy atom. The number of carbonyl (C=O) groups is 1. The molecule has 0 aliphatic carbocycles. The molecule has 0 aromatic carbocycles. The molecule has 0 radical (unpaired) electrons. The number of unbranched alkanes of at least 4 members (excludes halogenated alkanes) is 30. The molecule has 0 heterocycles. The zero-order chi connectivity index (χ0) is 43.8. The fraction of sp³-hybridized carbons (Fsp3) is 0.833. The normalized spacial score (nSPS) is 14.3. The van der Waals surface area contributed by atoms with Crippen LogP contribution in [-0.2, 0) is 4.79 Å². The number of rotatable bonds is 47. The smallest absolute Gasteiger partial charge is 0.249 e. The number of hydrogen-bond acceptors (Lipinski definition) is 5. The molecule has 0 saturated heterocycles. The summed E-state index contributed by atoms with van der Waals surface area (Å²) in [5.74, 6) is -0.601. The molecule has 5 N–H and O–H groups in total. The molecule has 1 amide bonds. The van der Waals surface area contributed by atoms with Gasteiger partial charge in [-0.1, -0.05) is 217 Å². The second-order valence-electron chi connectivity index (χ2n) is 17.8. The van der Waals surface area contributed by atoms with Crippen molar-refractivity contribution in [2.45, 2.75) is 282 Å². The lowest BCUT2D eigenvalue weighted by Gasteiger charge is -2.27. The van der Waals surface area contributed by atoms with Crippen molar-refractivity contribution in [2.24, 2.45) is 0 Å². The molecule has 6 nitrogen and oxygen atoms in total. The van der Waals surface area contributed by atoms with Crippen LogP contribution in [0.2, 0.25) is 0 Å². The summed E-state index contributed by atoms with van der Waals surface area (Å²) in [4.78, 5) is 12.6. The lowest BCUT2D eigenvalue weighted by Crippen LogP contribution is -2.53. The van der Waals surface area contributed by atoms with E-state index in [9.17, 15) is 25.2 Å². The SMILES string of the molecule is CCCCCCCC/C=C/CC/C=C/CC/C=C/CCCC(O)C(O)C(CO)NC(=O)C(O)CCCCCCCCCCC/C=C\CCCCCCCCCCCCCC. The highest BCUT2D eigenvalue weighted by atomic mass is 16.3. The number of carbonyl (C=O) groups excluding carboxylic acids is 1. The van der Waals surface area contributed by atoms with E-state index in [1.807, 2.05) is 0 Å². The van der Waals surface area contributed by atoms with Crippen molar-refractivity contribution in [3.05, 3.63) is 48.6 Å². The molecule has 4 atom stereocenters. The van der Waals surface area contributed by atoms with Crippen LogP contribution in [0.5, 0.6) is 0 Å². The van der Waals surface area contributed by atoms with Crippen LogP contribution in [0.4, 0.5) is 0 Å². The van der Waals surface area contributed by atoms with Crippen molar-refractivity contribution in [1.29, 1.82) is 0 Å². The maximum atomic E-state index is 12.6. The minimum absolute atomic E-state index is 0.355. The molecule has 6 heteroatoms. The monoisotopic (exact) mass is 844 g/mol. The molecule has 0 rings (SSSR count). The predicted molar refractivity (Wildman–Crippen MR) is 260 cm³/mol. The van der Waals surface area contributed by atoms with Gasteiger partial charge in [0.05, 0.1) is 18.8 Å². The van der Waals surface area contributed by atoms with Crippen LogP contribution >= 0.6 is 0 Å². The second kappa shape index (κ2) is 48.3. The van der Waals surface area contributed by atoms with Gasteiger partial charge in [0, 0.05) is 0 Å². The summed E-state index contributed by atoms with van der Waals surface area (Å²) in [6, 6.07) is -1.01. The molecule has 0 aliphatic rings. The first-order valence-electron chi connectivity index (χ1n) is 26.0. The van der Waals surface area contributed by atoms with Crippen molar-refractivity contribution >= 4 is 5.91 Å². The number of allylic oxidation sites excluding steroid dienone is 8. The highest BCUT2D eigenvalue weighted by molar-refractivity contribution is 5.80. The van der Waals surface area contributed by atoms with Crippen molar-refractivity contribution < 1.29 is 25.2 Å². The third-order valence-electron chi connectivity index (χ3n) is 12.0. The summed E-state index contributed by atoms with van der Waals surface area (Å²) in [6.07, 6.45) is 60.2. The Balaban J connectivity index is 3.73. The summed E-state index contributed by atoms with van der Waals surface area (Å²) >= 11 is 0. The van der Waals surface area contributed by atoms with Crippen molar-refractivity contribution in [2.75, 3.05) is 6.61 Å². The van der Waals surface area contributed by atoms with Crippen LogP contribution in [0.25, 0.3) is 0 Å². The van der Waals surface area contributed by atoms with Gasteiger partial charge < -0.3 is 25.7 Å². The standard InChI is InChI=1S/C54H101NO5/c1-3-5-7-9-11-13-15-17-19-21-23-24-25-26-27-28-30-32-34-36-38-40-42-44-46-48-52(58)54(60)55-50(49-56)53(59)51(57)47-45-43-41-39-37-35-33-31-29-22-20-18-16-14-12-10-8-6-4-2/h18,20,26-27,31,33,39,41,50-53,56-59H,3-17,19,21-25,28-30,32,34-38,40,42-49H2,1-2H3,(H,55,60)/b20-18+,27-26-,33-31+,41-39+. The lowest BCUT2D eigenvalue weighted by molar-refractivity contribution is -0.132. The van der Waals surface area contributed by atoms with Gasteiger partial charge >= 0.3 is 0 Å². The lowest BCUT2D eigenvalue weighted by atomic mass is 10.00. The average Bonchev–Trinajstić information content (AvgIpc) is 3.25. The fourth-order valence-electron chi connectivity index (χ4n) is 7.84. The number of amides is 1. The molecule has 4 unspecified atom stereocenters. The van der Waals surface area contributed by atoms with E-state index >= 15 is 0 Å². The zero-order valence-corrected chi connectivity index (χ0v) is 39.7. The van der Waals surface area contributed by atoms with Crippen molar-refractivity contribution in [1.82, 2.24) is 5.32 Å². The van der Waals surface area contributed by atoms with Gasteiger partial charge in [0.2, 0.25) is 5.91 Å². The van der Waals surface area contributed by atoms with E-state index in [1.165, 1.54) is 173 Å². The number of aliphatic hydroxyl groups is 4. The minimum Gasteiger partial charge on any atom is -0.394 e. The molecular weight excluding hydrogens is 743 g/mol. The number of hydrogen-bond donors (Lipinski definition) is 5. The van der Waals surface area contributed by atoms with Crippen molar-refractivity contribution in [3.63, 3.8) is 0 Å². The van der Waals surface area contributed by atoms with Crippen LogP contribution in [0.1, 0.15) is 258 Å². The molecule has 352 valence electrons. The molecule has 0 saturated carbocycles. The third kappa shape index (κ3) is 41.6. The van der Waals surface area contributed by atoms with E-state index in [1.54, 1.807) is 0 Å². The highest BCUT2D eigenvalue weighted by Gasteiger charge is 2.28. The Hall–Kier alpha value is -1.73. The Bertz CT molecular complexity index is 993. The number of nitrogens with one attached hydrogen (secondary N) is 1. The van der Waals surface area contributed by atoms with Gasteiger partial charge in [0.15, 0.2) is 0 Å². The van der Waals surface area contributed by atoms with Gasteiger partial charge in [-0.25, -0.2) is 0 Å². The highest BCUT2D eigenvalue weighted by Crippen LogP contribution is 2.16. The van der Waals surface area contributed by atoms with Crippen LogP contribution < -0.4 is 5.32 Å². The van der Waals surface area contributed by atoms with Gasteiger partial charge in [-0.2, -0.15) is 0 Å². The maximum Gasteiger partial charge on any atom is 0.249 e. The van der Waals surface area contributed by atoms with E-state index < -0.39 is 36.9 Å². The van der Waals surface area contributed by atoms with E-state index in [0.717, 1.165) is 51.4 Å². The van der Waals surface area contributed by atoms with Gasteiger partial charge in [0.25, 0.3) is 0 Å². The first-order valence-corrected chi connectivity index (χ1v) is 26.0. The summed E-state index contributed by atoms with van der Waals surface area (Å²) in [5.41, 5.74) is 0. The third-order valence-corrected chi connectivity index (χ3v) is 12.0. The van der Waals surface area contributed by atoms with E-state index in [2.05, 4.69) is 67.8 Å². The zero-order valence-electron chi connectivity index (χ0n) is 39.7. The summed E-state index contributed by atoms with van der Waals surface area (Å²) < 4.78 is 0. The van der Waals surface area contributed by atoms with Gasteiger partial charge in [-0.05, 0) is 89.9 Å². The first kappa shape index (κ1) is 58.3. The van der Waals surface area contributed by atoms with Crippen LogP contribution in [0.3, 0.4) is 0 Å². The van der Waals surface area contributed by atoms with Crippen LogP contribution in [-0.4, -0.2) is 57.3 Å². The number of aliphatic hydroxyl groups excluding tert-OH is 4. The second-order valence-corrected chi connectivity index (χ2v) is 17.8. The van der Waals surface area contributed by atoms with Gasteiger partial charge in [-0.3, -0.25) is 4.79 Å². The molecule has 0 aromatic heterocycles. The molecule has 0 bridgehead atoms. The molecular formula is C54H101NO5. The van der Waals surface area contributed by atoms with Gasteiger partial charge in [0.1, 0.15) is 12.2 Å². The average molecular weight is 844 g/mol. The quantitative estimate of drug-likeness (QED) is 0.0310. The Labute approximate surface area is 372 Å². The molecule has 60 heavy (non-hydrogen) atoms. The predicted octanol–water partition coefficient (Wildman–Crippen LogP) is 14.6. The maximum absolute atomic E-state index is 12.6. The van der Waals surface area contributed by atoms with Gasteiger partial charge in [-0.15, -0.1) is 0 Å². The Morgan fingerprint density at radius 2 is 0.700 bits per heavy atom. The molecule has 0 aliphatic heterocycles. The minimum atomic E-state index is -1.30. The van der Waals surface area contributed by atoms with Crippen LogP contribution in [0, 0.1) is 0 Å². The summed E-state index contributed by atoms with van der Waals surface area (Å²) in [6.45, 7) is 4.04. The van der Waals surface area contributed by atoms with Crippen molar-refractivity contribution in [3.8, 4) is 0 Å². The molecule has 0 aromatic rings.